The number of ether oxygens (including phenoxy) is 2. The normalized spacial score (nSPS) is 27.4. The van der Waals surface area contributed by atoms with Crippen LogP contribution in [0.2, 0.25) is 0 Å². The zero-order chi connectivity index (χ0) is 25.4. The van der Waals surface area contributed by atoms with E-state index in [0.717, 1.165) is 35.7 Å². The van der Waals surface area contributed by atoms with E-state index in [4.69, 9.17) is 19.4 Å². The van der Waals surface area contributed by atoms with Gasteiger partial charge in [-0.1, -0.05) is 23.9 Å². The largest absolute Gasteiger partial charge is 0.497 e. The molecule has 2 fully saturated rings. The average Bonchev–Trinajstić information content (AvgIpc) is 3.45. The summed E-state index contributed by atoms with van der Waals surface area (Å²) >= 11 is 1.55. The van der Waals surface area contributed by atoms with E-state index in [2.05, 4.69) is 22.6 Å². The minimum Gasteiger partial charge on any atom is -0.497 e. The first-order valence-corrected chi connectivity index (χ1v) is 13.2. The van der Waals surface area contributed by atoms with Gasteiger partial charge in [0.15, 0.2) is 22.1 Å². The number of aliphatic hydroxyl groups is 3. The number of hydrogen-bond acceptors (Lipinski definition) is 11. The quantitative estimate of drug-likeness (QED) is 0.232. The molecule has 2 aromatic heterocycles. The van der Waals surface area contributed by atoms with Crippen LogP contribution in [-0.2, 0) is 0 Å². The molecule has 0 amide bonds. The van der Waals surface area contributed by atoms with E-state index in [0.29, 0.717) is 28.6 Å². The number of hydrogen-bond donors (Lipinski definition) is 4. The van der Waals surface area contributed by atoms with Crippen LogP contribution in [0.3, 0.4) is 0 Å². The van der Waals surface area contributed by atoms with E-state index in [9.17, 15) is 15.3 Å². The van der Waals surface area contributed by atoms with Gasteiger partial charge in [0, 0.05) is 36.3 Å². The van der Waals surface area contributed by atoms with Crippen molar-refractivity contribution in [3.05, 3.63) is 23.8 Å². The van der Waals surface area contributed by atoms with Crippen molar-refractivity contribution < 1.29 is 24.8 Å². The van der Waals surface area contributed by atoms with Gasteiger partial charge in [-0.3, -0.25) is 0 Å². The second-order valence-corrected chi connectivity index (χ2v) is 10.4. The van der Waals surface area contributed by atoms with Crippen molar-refractivity contribution in [2.24, 2.45) is 5.92 Å². The van der Waals surface area contributed by atoms with Crippen LogP contribution < -0.4 is 14.8 Å². The highest BCUT2D eigenvalue weighted by Gasteiger charge is 2.44. The van der Waals surface area contributed by atoms with Gasteiger partial charge in [0.25, 0.3) is 0 Å². The van der Waals surface area contributed by atoms with Gasteiger partial charge < -0.3 is 30.1 Å². The van der Waals surface area contributed by atoms with Gasteiger partial charge >= 0.3 is 0 Å². The number of fused-ring (bicyclic) bond motifs is 1. The lowest BCUT2D eigenvalue weighted by molar-refractivity contribution is -0.00512. The molecule has 4 N–H and O–H groups in total. The van der Waals surface area contributed by atoms with Gasteiger partial charge in [-0.2, -0.15) is 0 Å². The number of anilines is 1. The number of aliphatic hydroxyl groups excluding tert-OH is 3. The minimum atomic E-state index is -1.07. The fourth-order valence-corrected chi connectivity index (χ4v) is 5.55. The lowest BCUT2D eigenvalue weighted by atomic mass is 10.1. The van der Waals surface area contributed by atoms with Crippen molar-refractivity contribution >= 4 is 28.7 Å². The molecule has 3 aromatic rings. The van der Waals surface area contributed by atoms with Gasteiger partial charge in [-0.25, -0.2) is 14.6 Å². The average molecular weight is 517 g/mol. The van der Waals surface area contributed by atoms with Crippen LogP contribution in [0.15, 0.2) is 23.4 Å². The SMILES string of the molecule is CCCSc1nc(NC2CC2c2cc(OC)cc(OC)c2)c2nnn([C@@H]3C[C@H](CO)[C@@H](O)[C@H]3O)c2n1. The Kier molecular flexibility index (Phi) is 7.20. The molecule has 2 aliphatic carbocycles. The number of methoxy groups -OCH3 is 2. The number of nitrogens with one attached hydrogen (secondary N) is 1. The summed E-state index contributed by atoms with van der Waals surface area (Å²) in [5.41, 5.74) is 2.14. The Morgan fingerprint density at radius 2 is 1.83 bits per heavy atom. The van der Waals surface area contributed by atoms with Crippen molar-refractivity contribution in [1.82, 2.24) is 25.0 Å². The van der Waals surface area contributed by atoms with E-state index in [-0.39, 0.29) is 18.6 Å². The van der Waals surface area contributed by atoms with Crippen LogP contribution in [0.4, 0.5) is 5.82 Å². The molecule has 12 heteroatoms. The Morgan fingerprint density at radius 3 is 2.47 bits per heavy atom. The van der Waals surface area contributed by atoms with E-state index >= 15 is 0 Å². The number of benzene rings is 1. The topological polar surface area (TPSA) is 148 Å². The number of thioether (sulfide) groups is 1. The first-order valence-electron chi connectivity index (χ1n) is 12.2. The molecule has 0 saturated heterocycles. The molecule has 11 nitrogen and oxygen atoms in total. The molecule has 1 aromatic carbocycles. The zero-order valence-electron chi connectivity index (χ0n) is 20.5. The monoisotopic (exact) mass is 516 g/mol. The molecule has 0 bridgehead atoms. The molecular weight excluding hydrogens is 484 g/mol. The summed E-state index contributed by atoms with van der Waals surface area (Å²) in [6, 6.07) is 5.51. The molecule has 0 spiro atoms. The van der Waals surface area contributed by atoms with Crippen LogP contribution in [0.1, 0.15) is 43.7 Å². The van der Waals surface area contributed by atoms with Crippen LogP contribution in [-0.4, -0.2) is 85.1 Å². The summed E-state index contributed by atoms with van der Waals surface area (Å²) in [5.74, 6) is 2.79. The molecule has 0 radical (unpaired) electrons. The first-order chi connectivity index (χ1) is 17.5. The standard InChI is InChI=1S/C24H32N6O5S/c1-4-5-36-24-26-22(25-17-10-16(17)12-6-14(34-2)9-15(7-12)35-3)19-23(27-24)30(29-28-19)18-8-13(11-31)20(32)21(18)33/h6-7,9,13,16-18,20-21,31-33H,4-5,8,10-11H2,1-3H3,(H,25,26,27)/t13-,16?,17?,18-,20-,21+/m1/s1. The van der Waals surface area contributed by atoms with Crippen molar-refractivity contribution in [3.8, 4) is 11.5 Å². The summed E-state index contributed by atoms with van der Waals surface area (Å²) in [4.78, 5) is 9.44. The molecule has 5 rings (SSSR count). The van der Waals surface area contributed by atoms with Gasteiger partial charge in [0.1, 0.15) is 17.6 Å². The van der Waals surface area contributed by atoms with Crippen LogP contribution in [0, 0.1) is 5.92 Å². The lowest BCUT2D eigenvalue weighted by Crippen LogP contribution is -2.30. The Bertz CT molecular complexity index is 1200. The predicted octanol–water partition coefficient (Wildman–Crippen LogP) is 1.98. The molecule has 2 unspecified atom stereocenters. The number of aromatic nitrogens is 5. The highest BCUT2D eigenvalue weighted by molar-refractivity contribution is 7.99. The van der Waals surface area contributed by atoms with Crippen molar-refractivity contribution in [2.45, 2.75) is 61.6 Å². The van der Waals surface area contributed by atoms with Gasteiger partial charge in [-0.05, 0) is 37.0 Å². The van der Waals surface area contributed by atoms with Crippen molar-refractivity contribution in [3.63, 3.8) is 0 Å². The maximum Gasteiger partial charge on any atom is 0.191 e. The third-order valence-electron chi connectivity index (χ3n) is 6.97. The molecule has 6 atom stereocenters. The fourth-order valence-electron chi connectivity index (χ4n) is 4.86. The van der Waals surface area contributed by atoms with Gasteiger partial charge in [-0.15, -0.1) is 5.10 Å². The van der Waals surface area contributed by atoms with Gasteiger partial charge in [0.05, 0.1) is 26.4 Å². The van der Waals surface area contributed by atoms with Crippen LogP contribution in [0.5, 0.6) is 11.5 Å². The predicted molar refractivity (Wildman–Crippen MR) is 135 cm³/mol. The minimum absolute atomic E-state index is 0.145. The van der Waals surface area contributed by atoms with Crippen molar-refractivity contribution in [2.75, 3.05) is 31.9 Å². The zero-order valence-corrected chi connectivity index (χ0v) is 21.4. The summed E-state index contributed by atoms with van der Waals surface area (Å²) in [5, 5.41) is 43.3. The molecule has 0 aliphatic heterocycles. The van der Waals surface area contributed by atoms with E-state index in [1.54, 1.807) is 30.7 Å². The Balaban J connectivity index is 1.45. The molecule has 194 valence electrons. The fraction of sp³-hybridized carbons (Fsp3) is 0.583. The van der Waals surface area contributed by atoms with Gasteiger partial charge in [0.2, 0.25) is 0 Å². The molecule has 2 aliphatic rings. The summed E-state index contributed by atoms with van der Waals surface area (Å²) in [6.07, 6.45) is 0.171. The summed E-state index contributed by atoms with van der Waals surface area (Å²) in [6.45, 7) is 1.89. The van der Waals surface area contributed by atoms with Crippen LogP contribution in [0.25, 0.3) is 11.2 Å². The maximum atomic E-state index is 10.6. The molecule has 2 saturated carbocycles. The van der Waals surface area contributed by atoms with E-state index < -0.39 is 24.2 Å². The van der Waals surface area contributed by atoms with Crippen molar-refractivity contribution in [1.29, 1.82) is 0 Å². The van der Waals surface area contributed by atoms with E-state index in [1.807, 2.05) is 18.2 Å². The first kappa shape index (κ1) is 25.0. The third-order valence-corrected chi connectivity index (χ3v) is 8.03. The van der Waals surface area contributed by atoms with E-state index in [1.165, 1.54) is 0 Å². The second kappa shape index (κ2) is 10.4. The second-order valence-electron chi connectivity index (χ2n) is 9.38. The lowest BCUT2D eigenvalue weighted by Gasteiger charge is -2.17. The molecule has 2 heterocycles. The third kappa shape index (κ3) is 4.70. The molecule has 36 heavy (non-hydrogen) atoms. The highest BCUT2D eigenvalue weighted by atomic mass is 32.2. The Hall–Kier alpha value is -2.67. The summed E-state index contributed by atoms with van der Waals surface area (Å²) in [7, 11) is 3.28. The summed E-state index contributed by atoms with van der Waals surface area (Å²) < 4.78 is 12.4. The van der Waals surface area contributed by atoms with Crippen LogP contribution >= 0.6 is 11.8 Å². The number of rotatable bonds is 10. The Morgan fingerprint density at radius 1 is 1.08 bits per heavy atom. The number of nitrogens with zero attached hydrogens (tertiary/aromatic N) is 5. The highest BCUT2D eigenvalue weighted by Crippen LogP contribution is 2.45. The Labute approximate surface area is 213 Å². The maximum absolute atomic E-state index is 10.6. The smallest absolute Gasteiger partial charge is 0.191 e. The molecular formula is C24H32N6O5S.